The van der Waals surface area contributed by atoms with E-state index >= 15 is 0 Å². The summed E-state index contributed by atoms with van der Waals surface area (Å²) in [5.41, 5.74) is 3.87. The largest absolute Gasteiger partial charge is 0.246 e. The zero-order valence-electron chi connectivity index (χ0n) is 10.0. The number of benzene rings is 1. The summed E-state index contributed by atoms with van der Waals surface area (Å²) in [6.45, 7) is 6.49. The van der Waals surface area contributed by atoms with E-state index in [0.717, 1.165) is 6.42 Å². The molecule has 84 valence electrons. The molecule has 0 saturated heterocycles. The first-order valence-corrected chi connectivity index (χ1v) is 6.53. The third-order valence-electron chi connectivity index (χ3n) is 2.64. The van der Waals surface area contributed by atoms with Gasteiger partial charge in [-0.1, -0.05) is 43.7 Å². The van der Waals surface area contributed by atoms with Gasteiger partial charge in [0.15, 0.2) is 0 Å². The van der Waals surface area contributed by atoms with Gasteiger partial charge in [0.2, 0.25) is 0 Å². The van der Waals surface area contributed by atoms with Gasteiger partial charge in [0.1, 0.15) is 0 Å². The molecular formula is C14H17NS. The zero-order chi connectivity index (χ0) is 11.5. The SMILES string of the molecule is Cc1ccc(Cc2nc(C(C)C)cs2)cc1. The molecule has 1 aromatic heterocycles. The van der Waals surface area contributed by atoms with Crippen molar-refractivity contribution >= 4 is 11.3 Å². The molecule has 0 N–H and O–H groups in total. The van der Waals surface area contributed by atoms with Crippen LogP contribution in [-0.2, 0) is 6.42 Å². The molecule has 0 spiro atoms. The van der Waals surface area contributed by atoms with E-state index in [1.807, 2.05) is 0 Å². The minimum atomic E-state index is 0.531. The summed E-state index contributed by atoms with van der Waals surface area (Å²) in [4.78, 5) is 4.65. The highest BCUT2D eigenvalue weighted by atomic mass is 32.1. The van der Waals surface area contributed by atoms with E-state index in [0.29, 0.717) is 5.92 Å². The summed E-state index contributed by atoms with van der Waals surface area (Å²) in [6.07, 6.45) is 0.956. The molecule has 0 fully saturated rings. The minimum Gasteiger partial charge on any atom is -0.246 e. The molecule has 0 aliphatic rings. The number of nitrogens with zero attached hydrogens (tertiary/aromatic N) is 1. The van der Waals surface area contributed by atoms with Crippen LogP contribution in [0, 0.1) is 6.92 Å². The van der Waals surface area contributed by atoms with Gasteiger partial charge in [0.25, 0.3) is 0 Å². The Kier molecular flexibility index (Phi) is 3.39. The van der Waals surface area contributed by atoms with Crippen LogP contribution in [0.5, 0.6) is 0 Å². The van der Waals surface area contributed by atoms with Crippen molar-refractivity contribution in [3.63, 3.8) is 0 Å². The van der Waals surface area contributed by atoms with E-state index in [1.165, 1.54) is 21.8 Å². The number of aryl methyl sites for hydroxylation is 1. The van der Waals surface area contributed by atoms with Crippen LogP contribution < -0.4 is 0 Å². The molecule has 0 bridgehead atoms. The van der Waals surface area contributed by atoms with Crippen molar-refractivity contribution in [3.05, 3.63) is 51.5 Å². The topological polar surface area (TPSA) is 12.9 Å². The summed E-state index contributed by atoms with van der Waals surface area (Å²) in [5, 5.41) is 3.39. The first-order valence-electron chi connectivity index (χ1n) is 5.65. The Morgan fingerprint density at radius 3 is 2.44 bits per heavy atom. The molecule has 2 rings (SSSR count). The van der Waals surface area contributed by atoms with Crippen LogP contribution in [-0.4, -0.2) is 4.98 Å². The Labute approximate surface area is 101 Å². The lowest BCUT2D eigenvalue weighted by Crippen LogP contribution is -1.90. The fraction of sp³-hybridized carbons (Fsp3) is 0.357. The van der Waals surface area contributed by atoms with Crippen LogP contribution >= 0.6 is 11.3 Å². The molecule has 1 aromatic carbocycles. The van der Waals surface area contributed by atoms with Crippen LogP contribution in [0.3, 0.4) is 0 Å². The summed E-state index contributed by atoms with van der Waals surface area (Å²) in [5.74, 6) is 0.531. The summed E-state index contributed by atoms with van der Waals surface area (Å²) < 4.78 is 0. The van der Waals surface area contributed by atoms with Gasteiger partial charge >= 0.3 is 0 Å². The molecule has 0 saturated carbocycles. The number of hydrogen-bond donors (Lipinski definition) is 0. The second kappa shape index (κ2) is 4.79. The van der Waals surface area contributed by atoms with Crippen molar-refractivity contribution in [2.45, 2.75) is 33.1 Å². The van der Waals surface area contributed by atoms with E-state index in [1.54, 1.807) is 11.3 Å². The summed E-state index contributed by atoms with van der Waals surface area (Å²) in [6, 6.07) is 8.69. The van der Waals surface area contributed by atoms with Crippen molar-refractivity contribution in [2.24, 2.45) is 0 Å². The van der Waals surface area contributed by atoms with Gasteiger partial charge in [-0.2, -0.15) is 0 Å². The highest BCUT2D eigenvalue weighted by molar-refractivity contribution is 7.09. The second-order valence-corrected chi connectivity index (χ2v) is 5.43. The molecule has 0 aliphatic carbocycles. The van der Waals surface area contributed by atoms with Crippen LogP contribution in [0.25, 0.3) is 0 Å². The van der Waals surface area contributed by atoms with E-state index in [2.05, 4.69) is 55.4 Å². The van der Waals surface area contributed by atoms with Crippen molar-refractivity contribution in [1.29, 1.82) is 0 Å². The maximum absolute atomic E-state index is 4.65. The van der Waals surface area contributed by atoms with Gasteiger partial charge in [-0.05, 0) is 18.4 Å². The smallest absolute Gasteiger partial charge is 0.0972 e. The van der Waals surface area contributed by atoms with Gasteiger partial charge in [-0.3, -0.25) is 0 Å². The summed E-state index contributed by atoms with van der Waals surface area (Å²) >= 11 is 1.77. The lowest BCUT2D eigenvalue weighted by atomic mass is 10.1. The molecule has 16 heavy (non-hydrogen) atoms. The Hall–Kier alpha value is -1.15. The predicted octanol–water partition coefficient (Wildman–Crippen LogP) is 4.17. The number of aromatic nitrogens is 1. The van der Waals surface area contributed by atoms with Crippen molar-refractivity contribution < 1.29 is 0 Å². The Balaban J connectivity index is 2.11. The lowest BCUT2D eigenvalue weighted by Gasteiger charge is -1.99. The minimum absolute atomic E-state index is 0.531. The fourth-order valence-corrected chi connectivity index (χ4v) is 2.54. The molecule has 0 atom stereocenters. The lowest BCUT2D eigenvalue weighted by molar-refractivity contribution is 0.825. The average molecular weight is 231 g/mol. The molecule has 1 heterocycles. The van der Waals surface area contributed by atoms with Crippen LogP contribution in [0.1, 0.15) is 41.6 Å². The van der Waals surface area contributed by atoms with Crippen molar-refractivity contribution in [2.75, 3.05) is 0 Å². The quantitative estimate of drug-likeness (QED) is 0.772. The molecule has 0 amide bonds. The van der Waals surface area contributed by atoms with E-state index in [9.17, 15) is 0 Å². The molecule has 2 heteroatoms. The van der Waals surface area contributed by atoms with E-state index in [-0.39, 0.29) is 0 Å². The highest BCUT2D eigenvalue weighted by Crippen LogP contribution is 2.20. The number of hydrogen-bond acceptors (Lipinski definition) is 2. The van der Waals surface area contributed by atoms with Crippen LogP contribution in [0.4, 0.5) is 0 Å². The normalized spacial score (nSPS) is 11.0. The van der Waals surface area contributed by atoms with Gasteiger partial charge in [-0.25, -0.2) is 4.98 Å². The maximum atomic E-state index is 4.65. The molecule has 0 unspecified atom stereocenters. The number of thiazole rings is 1. The Morgan fingerprint density at radius 2 is 1.88 bits per heavy atom. The van der Waals surface area contributed by atoms with Crippen LogP contribution in [0.15, 0.2) is 29.6 Å². The molecule has 1 nitrogen and oxygen atoms in total. The highest BCUT2D eigenvalue weighted by Gasteiger charge is 2.05. The van der Waals surface area contributed by atoms with Crippen molar-refractivity contribution in [1.82, 2.24) is 4.98 Å². The summed E-state index contributed by atoms with van der Waals surface area (Å²) in [7, 11) is 0. The fourth-order valence-electron chi connectivity index (χ4n) is 1.55. The van der Waals surface area contributed by atoms with Gasteiger partial charge in [-0.15, -0.1) is 11.3 Å². The maximum Gasteiger partial charge on any atom is 0.0972 e. The molecular weight excluding hydrogens is 214 g/mol. The average Bonchev–Trinajstić information content (AvgIpc) is 2.70. The zero-order valence-corrected chi connectivity index (χ0v) is 10.8. The Morgan fingerprint density at radius 1 is 1.19 bits per heavy atom. The Bertz CT molecular complexity index is 454. The van der Waals surface area contributed by atoms with Gasteiger partial charge in [0, 0.05) is 11.8 Å². The monoisotopic (exact) mass is 231 g/mol. The first-order chi connectivity index (χ1) is 7.65. The third-order valence-corrected chi connectivity index (χ3v) is 3.50. The van der Waals surface area contributed by atoms with Crippen LogP contribution in [0.2, 0.25) is 0 Å². The van der Waals surface area contributed by atoms with Gasteiger partial charge < -0.3 is 0 Å². The molecule has 0 radical (unpaired) electrons. The van der Waals surface area contributed by atoms with Crippen molar-refractivity contribution in [3.8, 4) is 0 Å². The third kappa shape index (κ3) is 2.70. The first kappa shape index (κ1) is 11.3. The standard InChI is InChI=1S/C14H17NS/c1-10(2)13-9-16-14(15-13)8-12-6-4-11(3)5-7-12/h4-7,9-10H,8H2,1-3H3. The molecule has 0 aliphatic heterocycles. The van der Waals surface area contributed by atoms with E-state index < -0.39 is 0 Å². The molecule has 2 aromatic rings. The van der Waals surface area contributed by atoms with E-state index in [4.69, 9.17) is 0 Å². The van der Waals surface area contributed by atoms with Gasteiger partial charge in [0.05, 0.1) is 10.7 Å². The number of rotatable bonds is 3. The predicted molar refractivity (Wildman–Crippen MR) is 70.2 cm³/mol. The second-order valence-electron chi connectivity index (χ2n) is 4.48.